The van der Waals surface area contributed by atoms with Crippen LogP contribution < -0.4 is 9.80 Å². The molecule has 0 unspecified atom stereocenters. The Kier molecular flexibility index (Phi) is 4.53. The third kappa shape index (κ3) is 3.27. The first kappa shape index (κ1) is 17.3. The van der Waals surface area contributed by atoms with Crippen LogP contribution in [0.3, 0.4) is 0 Å². The highest BCUT2D eigenvalue weighted by atomic mass is 16.2. The number of amides is 1. The van der Waals surface area contributed by atoms with E-state index >= 15 is 0 Å². The van der Waals surface area contributed by atoms with Crippen LogP contribution in [0, 0.1) is 0 Å². The van der Waals surface area contributed by atoms with Gasteiger partial charge in [-0.25, -0.2) is 0 Å². The van der Waals surface area contributed by atoms with Gasteiger partial charge in [0.15, 0.2) is 0 Å². The van der Waals surface area contributed by atoms with Crippen LogP contribution in [0.1, 0.15) is 12.0 Å². The maximum absolute atomic E-state index is 12.4. The Balaban J connectivity index is 1.19. The minimum absolute atomic E-state index is 0.261. The summed E-state index contributed by atoms with van der Waals surface area (Å²) in [7, 11) is 0. The van der Waals surface area contributed by atoms with E-state index in [2.05, 4.69) is 57.2 Å². The monoisotopic (exact) mass is 374 g/mol. The SMILES string of the molecule is O=C1CCc2ccccc2N1CCN1CCN(c2ccc3[nH]ccc3c2)CC1. The number of aromatic nitrogens is 1. The zero-order chi connectivity index (χ0) is 18.9. The second-order valence-electron chi connectivity index (χ2n) is 7.75. The Hall–Kier alpha value is -2.79. The third-order valence-electron chi connectivity index (χ3n) is 6.11. The van der Waals surface area contributed by atoms with Gasteiger partial charge in [-0.15, -0.1) is 0 Å². The zero-order valence-corrected chi connectivity index (χ0v) is 16.1. The highest BCUT2D eigenvalue weighted by molar-refractivity contribution is 5.96. The second-order valence-corrected chi connectivity index (χ2v) is 7.75. The molecule has 0 aliphatic carbocycles. The van der Waals surface area contributed by atoms with Crippen molar-refractivity contribution in [3.05, 3.63) is 60.3 Å². The quantitative estimate of drug-likeness (QED) is 0.762. The van der Waals surface area contributed by atoms with Crippen molar-refractivity contribution in [2.24, 2.45) is 0 Å². The van der Waals surface area contributed by atoms with Crippen molar-refractivity contribution in [2.75, 3.05) is 49.1 Å². The van der Waals surface area contributed by atoms with Gasteiger partial charge in [-0.05, 0) is 42.3 Å². The largest absolute Gasteiger partial charge is 0.369 e. The predicted molar refractivity (Wildman–Crippen MR) is 114 cm³/mol. The minimum Gasteiger partial charge on any atom is -0.369 e. The van der Waals surface area contributed by atoms with Crippen LogP contribution in [0.15, 0.2) is 54.7 Å². The van der Waals surface area contributed by atoms with Crippen molar-refractivity contribution in [1.29, 1.82) is 0 Å². The van der Waals surface area contributed by atoms with E-state index in [1.54, 1.807) is 0 Å². The Morgan fingerprint density at radius 3 is 2.64 bits per heavy atom. The summed E-state index contributed by atoms with van der Waals surface area (Å²) in [6.45, 7) is 5.85. The van der Waals surface area contributed by atoms with Gasteiger partial charge in [0, 0.05) is 74.2 Å². The first-order chi connectivity index (χ1) is 13.8. The van der Waals surface area contributed by atoms with E-state index in [0.29, 0.717) is 6.42 Å². The van der Waals surface area contributed by atoms with E-state index in [9.17, 15) is 4.79 Å². The van der Waals surface area contributed by atoms with Crippen LogP contribution in [0.4, 0.5) is 11.4 Å². The summed E-state index contributed by atoms with van der Waals surface area (Å²) in [5, 5.41) is 1.27. The maximum Gasteiger partial charge on any atom is 0.227 e. The molecule has 5 heteroatoms. The van der Waals surface area contributed by atoms with Crippen molar-refractivity contribution in [2.45, 2.75) is 12.8 Å². The number of nitrogens with zero attached hydrogens (tertiary/aromatic N) is 3. The molecule has 3 aromatic rings. The molecular weight excluding hydrogens is 348 g/mol. The number of benzene rings is 2. The lowest BCUT2D eigenvalue weighted by molar-refractivity contribution is -0.118. The average molecular weight is 374 g/mol. The molecule has 3 heterocycles. The molecule has 0 bridgehead atoms. The van der Waals surface area contributed by atoms with Crippen molar-refractivity contribution >= 4 is 28.2 Å². The molecule has 1 saturated heterocycles. The van der Waals surface area contributed by atoms with Gasteiger partial charge in [-0.2, -0.15) is 0 Å². The summed E-state index contributed by atoms with van der Waals surface area (Å²) in [6.07, 6.45) is 3.49. The Labute approximate surface area is 165 Å². The molecule has 2 aromatic carbocycles. The van der Waals surface area contributed by atoms with E-state index in [0.717, 1.165) is 51.4 Å². The first-order valence-corrected chi connectivity index (χ1v) is 10.2. The lowest BCUT2D eigenvalue weighted by atomic mass is 10.0. The van der Waals surface area contributed by atoms with Gasteiger partial charge >= 0.3 is 0 Å². The summed E-state index contributed by atoms with van der Waals surface area (Å²) < 4.78 is 0. The van der Waals surface area contributed by atoms with E-state index in [1.165, 1.54) is 22.2 Å². The van der Waals surface area contributed by atoms with E-state index in [4.69, 9.17) is 0 Å². The fraction of sp³-hybridized carbons (Fsp3) is 0.348. The Morgan fingerprint density at radius 1 is 0.893 bits per heavy atom. The molecule has 0 saturated carbocycles. The highest BCUT2D eigenvalue weighted by Gasteiger charge is 2.25. The van der Waals surface area contributed by atoms with Crippen molar-refractivity contribution in [1.82, 2.24) is 9.88 Å². The number of carbonyl (C=O) groups excluding carboxylic acids is 1. The fourth-order valence-corrected chi connectivity index (χ4v) is 4.45. The number of piperazine rings is 1. The van der Waals surface area contributed by atoms with Gasteiger partial charge in [0.1, 0.15) is 0 Å². The molecule has 1 amide bonds. The number of H-pyrrole nitrogens is 1. The number of carbonyl (C=O) groups is 1. The summed E-state index contributed by atoms with van der Waals surface area (Å²) in [6, 6.07) is 17.1. The van der Waals surface area contributed by atoms with Gasteiger partial charge in [-0.3, -0.25) is 9.69 Å². The minimum atomic E-state index is 0.261. The molecule has 1 N–H and O–H groups in total. The molecule has 5 rings (SSSR count). The molecule has 1 fully saturated rings. The van der Waals surface area contributed by atoms with Crippen LogP contribution in [-0.2, 0) is 11.2 Å². The number of hydrogen-bond acceptors (Lipinski definition) is 3. The normalized spacial score (nSPS) is 17.9. The molecule has 1 aromatic heterocycles. The lowest BCUT2D eigenvalue weighted by Gasteiger charge is -2.37. The maximum atomic E-state index is 12.4. The molecular formula is C23H26N4O. The second kappa shape index (κ2) is 7.32. The number of aromatic amines is 1. The van der Waals surface area contributed by atoms with Crippen LogP contribution in [0.2, 0.25) is 0 Å². The number of hydrogen-bond donors (Lipinski definition) is 1. The van der Waals surface area contributed by atoms with E-state index in [-0.39, 0.29) is 5.91 Å². The van der Waals surface area contributed by atoms with Crippen LogP contribution in [0.25, 0.3) is 10.9 Å². The number of rotatable bonds is 4. The molecule has 2 aliphatic rings. The van der Waals surface area contributed by atoms with Crippen LogP contribution in [-0.4, -0.2) is 55.1 Å². The molecule has 0 radical (unpaired) electrons. The van der Waals surface area contributed by atoms with E-state index in [1.807, 2.05) is 17.2 Å². The topological polar surface area (TPSA) is 42.6 Å². The van der Waals surface area contributed by atoms with Gasteiger partial charge in [0.05, 0.1) is 0 Å². The van der Waals surface area contributed by atoms with Gasteiger partial charge < -0.3 is 14.8 Å². The summed E-state index contributed by atoms with van der Waals surface area (Å²) in [4.78, 5) is 22.6. The predicted octanol–water partition coefficient (Wildman–Crippen LogP) is 3.27. The number of para-hydroxylation sites is 1. The number of anilines is 2. The van der Waals surface area contributed by atoms with Crippen LogP contribution >= 0.6 is 0 Å². The summed E-state index contributed by atoms with van der Waals surface area (Å²) in [5.74, 6) is 0.261. The summed E-state index contributed by atoms with van der Waals surface area (Å²) >= 11 is 0. The average Bonchev–Trinajstić information content (AvgIpc) is 3.21. The zero-order valence-electron chi connectivity index (χ0n) is 16.1. The van der Waals surface area contributed by atoms with Gasteiger partial charge in [-0.1, -0.05) is 18.2 Å². The lowest BCUT2D eigenvalue weighted by Crippen LogP contribution is -2.49. The van der Waals surface area contributed by atoms with Crippen molar-refractivity contribution in [3.63, 3.8) is 0 Å². The Bertz CT molecular complexity index is 987. The fourth-order valence-electron chi connectivity index (χ4n) is 4.45. The smallest absolute Gasteiger partial charge is 0.227 e. The van der Waals surface area contributed by atoms with Crippen LogP contribution in [0.5, 0.6) is 0 Å². The number of fused-ring (bicyclic) bond motifs is 2. The number of aryl methyl sites for hydroxylation is 1. The summed E-state index contributed by atoms with van der Waals surface area (Å²) in [5.41, 5.74) is 4.89. The first-order valence-electron chi connectivity index (χ1n) is 10.2. The molecule has 0 atom stereocenters. The molecule has 28 heavy (non-hydrogen) atoms. The van der Waals surface area contributed by atoms with Gasteiger partial charge in [0.2, 0.25) is 5.91 Å². The standard InChI is InChI=1S/C23H26N4O/c28-23-8-5-18-3-1-2-4-22(18)27(23)16-13-25-11-14-26(15-12-25)20-6-7-21-19(17-20)9-10-24-21/h1-4,6-7,9-10,17,24H,5,8,11-16H2. The van der Waals surface area contributed by atoms with Crippen molar-refractivity contribution in [3.8, 4) is 0 Å². The van der Waals surface area contributed by atoms with Gasteiger partial charge in [0.25, 0.3) is 0 Å². The highest BCUT2D eigenvalue weighted by Crippen LogP contribution is 2.27. The molecule has 2 aliphatic heterocycles. The number of nitrogens with one attached hydrogen (secondary N) is 1. The Morgan fingerprint density at radius 2 is 1.75 bits per heavy atom. The van der Waals surface area contributed by atoms with Crippen molar-refractivity contribution < 1.29 is 4.79 Å². The third-order valence-corrected chi connectivity index (χ3v) is 6.11. The van der Waals surface area contributed by atoms with E-state index < -0.39 is 0 Å². The molecule has 5 nitrogen and oxygen atoms in total. The molecule has 0 spiro atoms. The molecule has 144 valence electrons.